The molecule has 1 aromatic rings. The van der Waals surface area contributed by atoms with Crippen molar-refractivity contribution in [1.29, 1.82) is 0 Å². The SMILES string of the molecule is CC1(C)C=[N+]([O-])[C@@H](c2ccccc2)N1O. The van der Waals surface area contributed by atoms with Crippen LogP contribution in [-0.4, -0.2) is 26.8 Å². The summed E-state index contributed by atoms with van der Waals surface area (Å²) < 4.78 is 0.787. The highest BCUT2D eigenvalue weighted by Gasteiger charge is 2.44. The molecule has 0 amide bonds. The van der Waals surface area contributed by atoms with Gasteiger partial charge in [0.2, 0.25) is 0 Å². The van der Waals surface area contributed by atoms with Crippen molar-refractivity contribution in [2.24, 2.45) is 0 Å². The van der Waals surface area contributed by atoms with Crippen LogP contribution in [0.3, 0.4) is 0 Å². The molecule has 0 aliphatic carbocycles. The third-order valence-corrected chi connectivity index (χ3v) is 2.60. The Balaban J connectivity index is 2.37. The van der Waals surface area contributed by atoms with E-state index in [9.17, 15) is 10.4 Å². The topological polar surface area (TPSA) is 49.5 Å². The van der Waals surface area contributed by atoms with E-state index < -0.39 is 11.7 Å². The zero-order valence-electron chi connectivity index (χ0n) is 8.79. The van der Waals surface area contributed by atoms with Gasteiger partial charge < -0.3 is 10.4 Å². The molecule has 0 spiro atoms. The van der Waals surface area contributed by atoms with Crippen LogP contribution >= 0.6 is 0 Å². The molecule has 1 heterocycles. The molecule has 1 atom stereocenters. The molecule has 4 heteroatoms. The molecule has 0 saturated heterocycles. The molecule has 0 unspecified atom stereocenters. The van der Waals surface area contributed by atoms with Crippen molar-refractivity contribution in [3.05, 3.63) is 41.1 Å². The fourth-order valence-corrected chi connectivity index (χ4v) is 1.78. The van der Waals surface area contributed by atoms with Gasteiger partial charge in [0, 0.05) is 5.56 Å². The van der Waals surface area contributed by atoms with Gasteiger partial charge in [-0.25, -0.2) is 0 Å². The van der Waals surface area contributed by atoms with Crippen LogP contribution in [0.25, 0.3) is 0 Å². The summed E-state index contributed by atoms with van der Waals surface area (Å²) in [6.07, 6.45) is 0.839. The highest BCUT2D eigenvalue weighted by molar-refractivity contribution is 5.65. The predicted octanol–water partition coefficient (Wildman–Crippen LogP) is 1.75. The first kappa shape index (κ1) is 10.1. The molecule has 4 nitrogen and oxygen atoms in total. The molecule has 0 bridgehead atoms. The normalized spacial score (nSPS) is 25.3. The van der Waals surface area contributed by atoms with E-state index in [4.69, 9.17) is 0 Å². The lowest BCUT2D eigenvalue weighted by Gasteiger charge is -2.24. The molecule has 15 heavy (non-hydrogen) atoms. The summed E-state index contributed by atoms with van der Waals surface area (Å²) in [5.41, 5.74) is 0.166. The zero-order chi connectivity index (χ0) is 11.1. The maximum absolute atomic E-state index is 11.7. The standard InChI is InChI=1S/C11H14N2O2/c1-11(2)8-12(14)10(13(11)15)9-6-4-3-5-7-9/h3-8,10,15H,1-2H3/t10-/m1/s1. The molecule has 1 aliphatic rings. The van der Waals surface area contributed by atoms with Gasteiger partial charge in [-0.05, 0) is 13.8 Å². The summed E-state index contributed by atoms with van der Waals surface area (Å²) in [5.74, 6) is 0. The van der Waals surface area contributed by atoms with E-state index >= 15 is 0 Å². The average molecular weight is 206 g/mol. The summed E-state index contributed by atoms with van der Waals surface area (Å²) in [7, 11) is 0. The van der Waals surface area contributed by atoms with Gasteiger partial charge >= 0.3 is 0 Å². The van der Waals surface area contributed by atoms with Crippen LogP contribution in [0.4, 0.5) is 0 Å². The molecule has 1 N–H and O–H groups in total. The number of hydrogen-bond acceptors (Lipinski definition) is 3. The number of benzene rings is 1. The summed E-state index contributed by atoms with van der Waals surface area (Å²) >= 11 is 0. The maximum atomic E-state index is 11.7. The first-order valence-corrected chi connectivity index (χ1v) is 4.87. The second-order valence-electron chi connectivity index (χ2n) is 4.27. The first-order valence-electron chi connectivity index (χ1n) is 4.87. The Morgan fingerprint density at radius 2 is 1.93 bits per heavy atom. The lowest BCUT2D eigenvalue weighted by molar-refractivity contribution is -0.542. The largest absolute Gasteiger partial charge is 0.622 e. The van der Waals surface area contributed by atoms with E-state index in [1.54, 1.807) is 13.8 Å². The molecular weight excluding hydrogens is 192 g/mol. The van der Waals surface area contributed by atoms with Gasteiger partial charge in [-0.2, -0.15) is 4.74 Å². The second kappa shape index (κ2) is 3.32. The Morgan fingerprint density at radius 3 is 2.40 bits per heavy atom. The Morgan fingerprint density at radius 1 is 1.33 bits per heavy atom. The highest BCUT2D eigenvalue weighted by atomic mass is 16.5. The van der Waals surface area contributed by atoms with Crippen LogP contribution in [0, 0.1) is 5.21 Å². The van der Waals surface area contributed by atoms with Gasteiger partial charge in [-0.15, -0.1) is 5.06 Å². The van der Waals surface area contributed by atoms with E-state index in [-0.39, 0.29) is 0 Å². The Hall–Kier alpha value is -1.39. The number of hydroxylamine groups is 3. The van der Waals surface area contributed by atoms with Gasteiger partial charge in [0.05, 0.1) is 0 Å². The molecule has 80 valence electrons. The van der Waals surface area contributed by atoms with Crippen molar-refractivity contribution in [3.8, 4) is 0 Å². The smallest absolute Gasteiger partial charge is 0.267 e. The first-order chi connectivity index (χ1) is 7.02. The lowest BCUT2D eigenvalue weighted by atomic mass is 10.1. The van der Waals surface area contributed by atoms with Crippen LogP contribution in [0.1, 0.15) is 25.6 Å². The average Bonchev–Trinajstić information content (AvgIpc) is 2.38. The van der Waals surface area contributed by atoms with Crippen LogP contribution < -0.4 is 0 Å². The van der Waals surface area contributed by atoms with Gasteiger partial charge in [-0.1, -0.05) is 30.3 Å². The van der Waals surface area contributed by atoms with Crippen molar-refractivity contribution >= 4 is 6.21 Å². The van der Waals surface area contributed by atoms with Gasteiger partial charge in [0.25, 0.3) is 6.17 Å². The minimum Gasteiger partial charge on any atom is -0.622 e. The number of rotatable bonds is 1. The van der Waals surface area contributed by atoms with Gasteiger partial charge in [0.1, 0.15) is 5.54 Å². The predicted molar refractivity (Wildman–Crippen MR) is 56.6 cm³/mol. The summed E-state index contributed by atoms with van der Waals surface area (Å²) in [6.45, 7) is 3.58. The lowest BCUT2D eigenvalue weighted by Crippen LogP contribution is -2.39. The molecule has 1 aliphatic heterocycles. The van der Waals surface area contributed by atoms with Crippen LogP contribution in [0.2, 0.25) is 0 Å². The van der Waals surface area contributed by atoms with E-state index in [1.165, 1.54) is 6.21 Å². The second-order valence-corrected chi connectivity index (χ2v) is 4.27. The third kappa shape index (κ3) is 1.62. The van der Waals surface area contributed by atoms with Crippen LogP contribution in [-0.2, 0) is 0 Å². The maximum Gasteiger partial charge on any atom is 0.267 e. The number of hydrogen-bond donors (Lipinski definition) is 1. The minimum atomic E-state index is -0.638. The van der Waals surface area contributed by atoms with Gasteiger partial charge in [0.15, 0.2) is 6.21 Å². The third-order valence-electron chi connectivity index (χ3n) is 2.60. The Labute approximate surface area is 88.6 Å². The molecule has 0 aromatic heterocycles. The molecule has 0 radical (unpaired) electrons. The minimum absolute atomic E-state index is 0.623. The highest BCUT2D eigenvalue weighted by Crippen LogP contribution is 2.30. The van der Waals surface area contributed by atoms with E-state index in [1.807, 2.05) is 30.3 Å². The fourth-order valence-electron chi connectivity index (χ4n) is 1.78. The van der Waals surface area contributed by atoms with Crippen LogP contribution in [0.15, 0.2) is 30.3 Å². The molecule has 0 saturated carbocycles. The summed E-state index contributed by atoms with van der Waals surface area (Å²) in [4.78, 5) is 0. The Bertz CT molecular complexity index is 387. The molecule has 0 fully saturated rings. The number of nitrogens with zero attached hydrogens (tertiary/aromatic N) is 2. The van der Waals surface area contributed by atoms with Crippen molar-refractivity contribution in [1.82, 2.24) is 5.06 Å². The van der Waals surface area contributed by atoms with Crippen molar-refractivity contribution < 1.29 is 9.95 Å². The van der Waals surface area contributed by atoms with Crippen molar-refractivity contribution in [2.75, 3.05) is 0 Å². The van der Waals surface area contributed by atoms with Crippen LogP contribution in [0.5, 0.6) is 0 Å². The quantitative estimate of drug-likeness (QED) is 0.562. The van der Waals surface area contributed by atoms with E-state index in [0.29, 0.717) is 0 Å². The summed E-state index contributed by atoms with van der Waals surface area (Å²) in [5, 5.41) is 22.6. The van der Waals surface area contributed by atoms with E-state index in [0.717, 1.165) is 15.4 Å². The van der Waals surface area contributed by atoms with Crippen molar-refractivity contribution in [3.63, 3.8) is 0 Å². The van der Waals surface area contributed by atoms with Crippen molar-refractivity contribution in [2.45, 2.75) is 25.6 Å². The monoisotopic (exact) mass is 206 g/mol. The Kier molecular flexibility index (Phi) is 2.25. The molecule has 2 rings (SSSR count). The van der Waals surface area contributed by atoms with Gasteiger partial charge in [-0.3, -0.25) is 0 Å². The molecular formula is C11H14N2O2. The summed E-state index contributed by atoms with van der Waals surface area (Å²) in [6, 6.07) is 9.23. The molecule has 1 aromatic carbocycles. The van der Waals surface area contributed by atoms with E-state index in [2.05, 4.69) is 0 Å². The zero-order valence-corrected chi connectivity index (χ0v) is 8.79. The fraction of sp³-hybridized carbons (Fsp3) is 0.364.